The van der Waals surface area contributed by atoms with E-state index in [-0.39, 0.29) is 0 Å². The van der Waals surface area contributed by atoms with Crippen LogP contribution in [-0.4, -0.2) is 38.3 Å². The van der Waals surface area contributed by atoms with Crippen LogP contribution in [0.1, 0.15) is 78.6 Å². The van der Waals surface area contributed by atoms with Crippen molar-refractivity contribution < 1.29 is 4.74 Å². The molecule has 0 bridgehead atoms. The molecule has 122 valence electrons. The summed E-state index contributed by atoms with van der Waals surface area (Å²) in [6.07, 6.45) is 11.8. The molecule has 0 aromatic carbocycles. The molecule has 0 amide bonds. The van der Waals surface area contributed by atoms with Crippen LogP contribution in [0.25, 0.3) is 0 Å². The molecule has 1 unspecified atom stereocenters. The van der Waals surface area contributed by atoms with Crippen LogP contribution < -0.4 is 0 Å². The maximum Gasteiger partial charge on any atom is 0.0466 e. The number of nitrogens with zero attached hydrogens (tertiary/aromatic N) is 1. The highest BCUT2D eigenvalue weighted by Crippen LogP contribution is 2.10. The maximum absolute atomic E-state index is 5.71. The summed E-state index contributed by atoms with van der Waals surface area (Å²) >= 11 is 0. The van der Waals surface area contributed by atoms with Gasteiger partial charge >= 0.3 is 0 Å². The summed E-state index contributed by atoms with van der Waals surface area (Å²) < 4.78 is 5.71. The molecule has 2 nitrogen and oxygen atoms in total. The molecule has 2 heteroatoms. The molecular weight excluding hydrogens is 246 g/mol. The minimum atomic E-state index is 0.887. The van der Waals surface area contributed by atoms with Gasteiger partial charge in [0, 0.05) is 13.2 Å². The van der Waals surface area contributed by atoms with E-state index in [0.29, 0.717) is 0 Å². The molecule has 0 radical (unpaired) electrons. The van der Waals surface area contributed by atoms with Gasteiger partial charge in [-0.15, -0.1) is 0 Å². The third kappa shape index (κ3) is 14.3. The largest absolute Gasteiger partial charge is 0.381 e. The lowest BCUT2D eigenvalue weighted by atomic mass is 10.0. The Hall–Kier alpha value is -0.0800. The van der Waals surface area contributed by atoms with Crippen LogP contribution in [0.2, 0.25) is 0 Å². The number of ether oxygens (including phenoxy) is 1. The van der Waals surface area contributed by atoms with Crippen LogP contribution in [0, 0.1) is 5.92 Å². The lowest BCUT2D eigenvalue weighted by Crippen LogP contribution is -2.21. The fourth-order valence-electron chi connectivity index (χ4n) is 2.33. The predicted octanol–water partition coefficient (Wildman–Crippen LogP) is 5.12. The molecule has 0 aromatic rings. The van der Waals surface area contributed by atoms with E-state index in [4.69, 9.17) is 4.74 Å². The Morgan fingerprint density at radius 3 is 2.05 bits per heavy atom. The normalized spacial score (nSPS) is 13.1. The van der Waals surface area contributed by atoms with Crippen molar-refractivity contribution in [1.82, 2.24) is 4.90 Å². The van der Waals surface area contributed by atoms with Crippen molar-refractivity contribution in [2.24, 2.45) is 5.92 Å². The molecule has 0 aliphatic heterocycles. The summed E-state index contributed by atoms with van der Waals surface area (Å²) in [4.78, 5) is 2.46. The summed E-state index contributed by atoms with van der Waals surface area (Å²) in [6, 6.07) is 0. The molecule has 0 saturated carbocycles. The second-order valence-corrected chi connectivity index (χ2v) is 6.34. The maximum atomic E-state index is 5.71. The smallest absolute Gasteiger partial charge is 0.0466 e. The van der Waals surface area contributed by atoms with Gasteiger partial charge in [-0.05, 0) is 51.7 Å². The lowest BCUT2D eigenvalue weighted by molar-refractivity contribution is 0.123. The van der Waals surface area contributed by atoms with Gasteiger partial charge in [0.05, 0.1) is 0 Å². The quantitative estimate of drug-likeness (QED) is 0.387. The third-order valence-electron chi connectivity index (χ3n) is 4.15. The molecule has 0 spiro atoms. The Kier molecular flexibility index (Phi) is 15.3. The van der Waals surface area contributed by atoms with E-state index in [1.54, 1.807) is 0 Å². The topological polar surface area (TPSA) is 12.5 Å². The zero-order valence-corrected chi connectivity index (χ0v) is 14.6. The van der Waals surface area contributed by atoms with E-state index in [1.807, 2.05) is 0 Å². The highest BCUT2D eigenvalue weighted by Gasteiger charge is 1.99. The van der Waals surface area contributed by atoms with E-state index in [9.17, 15) is 0 Å². The molecule has 0 aliphatic carbocycles. The molecule has 0 aliphatic rings. The average molecular weight is 286 g/mol. The molecule has 0 saturated heterocycles. The van der Waals surface area contributed by atoms with Crippen molar-refractivity contribution >= 4 is 0 Å². The third-order valence-corrected chi connectivity index (χ3v) is 4.15. The highest BCUT2D eigenvalue weighted by molar-refractivity contribution is 4.53. The van der Waals surface area contributed by atoms with E-state index >= 15 is 0 Å². The summed E-state index contributed by atoms with van der Waals surface area (Å²) in [6.45, 7) is 11.3. The van der Waals surface area contributed by atoms with Crippen LogP contribution in [-0.2, 0) is 4.74 Å². The van der Waals surface area contributed by atoms with Crippen molar-refractivity contribution in [1.29, 1.82) is 0 Å². The zero-order chi connectivity index (χ0) is 15.1. The minimum Gasteiger partial charge on any atom is -0.381 e. The van der Waals surface area contributed by atoms with Crippen molar-refractivity contribution in [2.75, 3.05) is 33.4 Å². The Morgan fingerprint density at radius 1 is 0.850 bits per heavy atom. The first-order valence-electron chi connectivity index (χ1n) is 8.97. The minimum absolute atomic E-state index is 0.887. The summed E-state index contributed by atoms with van der Waals surface area (Å²) in [5, 5.41) is 0. The van der Waals surface area contributed by atoms with Crippen molar-refractivity contribution in [2.45, 2.75) is 78.6 Å². The zero-order valence-electron chi connectivity index (χ0n) is 14.6. The van der Waals surface area contributed by atoms with Crippen LogP contribution in [0.15, 0.2) is 0 Å². The molecule has 0 fully saturated rings. The van der Waals surface area contributed by atoms with Crippen LogP contribution in [0.5, 0.6) is 0 Å². The first-order valence-corrected chi connectivity index (χ1v) is 8.97. The summed E-state index contributed by atoms with van der Waals surface area (Å²) in [5.74, 6) is 0.887. The molecular formula is C18H39NO. The molecule has 0 heterocycles. The van der Waals surface area contributed by atoms with E-state index in [0.717, 1.165) is 19.1 Å². The lowest BCUT2D eigenvalue weighted by Gasteiger charge is -2.16. The molecule has 0 N–H and O–H groups in total. The summed E-state index contributed by atoms with van der Waals surface area (Å²) in [7, 11) is 2.24. The Morgan fingerprint density at radius 2 is 1.45 bits per heavy atom. The predicted molar refractivity (Wildman–Crippen MR) is 90.4 cm³/mol. The first-order chi connectivity index (χ1) is 9.70. The Bertz CT molecular complexity index is 184. The van der Waals surface area contributed by atoms with Gasteiger partial charge in [0.2, 0.25) is 0 Å². The molecule has 1 atom stereocenters. The summed E-state index contributed by atoms with van der Waals surface area (Å²) in [5.41, 5.74) is 0. The van der Waals surface area contributed by atoms with Gasteiger partial charge in [-0.3, -0.25) is 0 Å². The Balaban J connectivity index is 3.12. The highest BCUT2D eigenvalue weighted by atomic mass is 16.5. The second-order valence-electron chi connectivity index (χ2n) is 6.34. The number of hydrogen-bond acceptors (Lipinski definition) is 2. The van der Waals surface area contributed by atoms with Crippen molar-refractivity contribution in [3.63, 3.8) is 0 Å². The monoisotopic (exact) mass is 285 g/mol. The second kappa shape index (κ2) is 15.3. The van der Waals surface area contributed by atoms with Gasteiger partial charge in [0.1, 0.15) is 0 Å². The number of hydrogen-bond donors (Lipinski definition) is 0. The van der Waals surface area contributed by atoms with Gasteiger partial charge in [0.15, 0.2) is 0 Å². The molecule has 20 heavy (non-hydrogen) atoms. The van der Waals surface area contributed by atoms with E-state index in [1.165, 1.54) is 70.9 Å². The fraction of sp³-hybridized carbons (Fsp3) is 1.00. The standard InChI is InChI=1S/C18H39NO/c1-5-7-9-14-19(4)15-10-12-17-20-16-11-8-13-18(3)6-2/h18H,5-17H2,1-4H3. The van der Waals surface area contributed by atoms with Crippen LogP contribution >= 0.6 is 0 Å². The number of rotatable bonds is 15. The first kappa shape index (κ1) is 19.9. The number of unbranched alkanes of at least 4 members (excludes halogenated alkanes) is 4. The van der Waals surface area contributed by atoms with Gasteiger partial charge < -0.3 is 9.64 Å². The van der Waals surface area contributed by atoms with E-state index in [2.05, 4.69) is 32.7 Å². The van der Waals surface area contributed by atoms with Gasteiger partial charge in [0.25, 0.3) is 0 Å². The fourth-order valence-corrected chi connectivity index (χ4v) is 2.33. The van der Waals surface area contributed by atoms with Gasteiger partial charge in [-0.2, -0.15) is 0 Å². The van der Waals surface area contributed by atoms with Gasteiger partial charge in [-0.1, -0.05) is 52.9 Å². The SMILES string of the molecule is CCCCCN(C)CCCCOCCCCC(C)CC. The molecule has 0 aromatic heterocycles. The molecule has 0 rings (SSSR count). The van der Waals surface area contributed by atoms with Crippen molar-refractivity contribution in [3.05, 3.63) is 0 Å². The van der Waals surface area contributed by atoms with Gasteiger partial charge in [-0.25, -0.2) is 0 Å². The average Bonchev–Trinajstić information content (AvgIpc) is 2.45. The van der Waals surface area contributed by atoms with Crippen LogP contribution in [0.4, 0.5) is 0 Å². The van der Waals surface area contributed by atoms with Crippen molar-refractivity contribution in [3.8, 4) is 0 Å². The van der Waals surface area contributed by atoms with Crippen LogP contribution in [0.3, 0.4) is 0 Å². The van der Waals surface area contributed by atoms with E-state index < -0.39 is 0 Å². The Labute approximate surface area is 128 Å².